The minimum absolute atomic E-state index is 0.0911. The van der Waals surface area contributed by atoms with Gasteiger partial charge in [-0.1, -0.05) is 0 Å². The van der Waals surface area contributed by atoms with E-state index in [0.29, 0.717) is 19.4 Å². The highest BCUT2D eigenvalue weighted by Gasteiger charge is 2.08. The van der Waals surface area contributed by atoms with E-state index >= 15 is 0 Å². The Kier molecular flexibility index (Phi) is 7.29. The van der Waals surface area contributed by atoms with Crippen molar-refractivity contribution in [3.05, 3.63) is 0 Å². The maximum atomic E-state index is 11.4. The fraction of sp³-hybridized carbons (Fsp3) is 0.750. The average molecular weight is 218 g/mol. The monoisotopic (exact) mass is 218 g/mol. The summed E-state index contributed by atoms with van der Waals surface area (Å²) in [4.78, 5) is 22.0. The van der Waals surface area contributed by atoms with E-state index in [1.165, 1.54) is 12.2 Å². The van der Waals surface area contributed by atoms with Gasteiger partial charge in [0, 0.05) is 27.1 Å². The van der Waals surface area contributed by atoms with Crippen molar-refractivity contribution in [1.29, 1.82) is 0 Å². The predicted octanol–water partition coefficient (Wildman–Crippen LogP) is -0.780. The van der Waals surface area contributed by atoms with Crippen molar-refractivity contribution < 1.29 is 14.3 Å². The van der Waals surface area contributed by atoms with Gasteiger partial charge in [0.05, 0.1) is 7.11 Å². The number of methoxy groups -OCH3 is 1. The van der Waals surface area contributed by atoms with Crippen LogP contribution < -0.4 is 16.2 Å². The van der Waals surface area contributed by atoms with Gasteiger partial charge >= 0.3 is 6.09 Å². The first-order valence-electron chi connectivity index (χ1n) is 4.65. The standard InChI is InChI=1S/C8H18N4O3/c1-9-12(10-2)7(13)5-4-6-11-8(14)15-3/h9-10H,4-6H2,1-3H3,(H,11,14). The van der Waals surface area contributed by atoms with Gasteiger partial charge in [-0.15, -0.1) is 0 Å². The quantitative estimate of drug-likeness (QED) is 0.402. The van der Waals surface area contributed by atoms with Crippen LogP contribution in [0.1, 0.15) is 12.8 Å². The van der Waals surface area contributed by atoms with Crippen molar-refractivity contribution in [2.24, 2.45) is 0 Å². The minimum Gasteiger partial charge on any atom is -0.453 e. The summed E-state index contributed by atoms with van der Waals surface area (Å²) in [6, 6.07) is 0. The molecule has 2 amide bonds. The second kappa shape index (κ2) is 8.01. The molecule has 0 rings (SSSR count). The Hall–Kier alpha value is -1.34. The van der Waals surface area contributed by atoms with Crippen molar-refractivity contribution >= 4 is 12.0 Å². The molecule has 0 aromatic heterocycles. The second-order valence-electron chi connectivity index (χ2n) is 2.70. The molecule has 7 nitrogen and oxygen atoms in total. The first-order chi connectivity index (χ1) is 7.15. The SMILES string of the molecule is CNN(NC)C(=O)CCCNC(=O)OC. The van der Waals surface area contributed by atoms with Gasteiger partial charge < -0.3 is 10.1 Å². The van der Waals surface area contributed by atoms with E-state index in [0.717, 1.165) is 0 Å². The minimum atomic E-state index is -0.485. The summed E-state index contributed by atoms with van der Waals surface area (Å²) < 4.78 is 4.38. The molecule has 0 atom stereocenters. The molecular weight excluding hydrogens is 200 g/mol. The molecule has 88 valence electrons. The van der Waals surface area contributed by atoms with Gasteiger partial charge in [-0.2, -0.15) is 0 Å². The molecule has 0 fully saturated rings. The van der Waals surface area contributed by atoms with E-state index in [4.69, 9.17) is 0 Å². The van der Waals surface area contributed by atoms with Gasteiger partial charge in [0.1, 0.15) is 0 Å². The van der Waals surface area contributed by atoms with Gasteiger partial charge in [0.25, 0.3) is 5.91 Å². The number of nitrogens with zero attached hydrogens (tertiary/aromatic N) is 1. The molecule has 0 bridgehead atoms. The Balaban J connectivity index is 3.58. The molecule has 0 aromatic carbocycles. The van der Waals surface area contributed by atoms with Gasteiger partial charge in [-0.3, -0.25) is 4.79 Å². The van der Waals surface area contributed by atoms with E-state index in [9.17, 15) is 9.59 Å². The van der Waals surface area contributed by atoms with Crippen LogP contribution in [0.3, 0.4) is 0 Å². The topological polar surface area (TPSA) is 82.7 Å². The highest BCUT2D eigenvalue weighted by Crippen LogP contribution is 1.91. The molecule has 15 heavy (non-hydrogen) atoms. The summed E-state index contributed by atoms with van der Waals surface area (Å²) in [6.45, 7) is 0.416. The largest absolute Gasteiger partial charge is 0.453 e. The van der Waals surface area contributed by atoms with Crippen LogP contribution in [-0.2, 0) is 9.53 Å². The van der Waals surface area contributed by atoms with E-state index in [1.54, 1.807) is 14.1 Å². The van der Waals surface area contributed by atoms with Crippen LogP contribution in [-0.4, -0.2) is 44.9 Å². The van der Waals surface area contributed by atoms with Crippen LogP contribution in [0.25, 0.3) is 0 Å². The van der Waals surface area contributed by atoms with Crippen LogP contribution in [0.2, 0.25) is 0 Å². The van der Waals surface area contributed by atoms with Gasteiger partial charge in [-0.25, -0.2) is 20.8 Å². The molecule has 0 aliphatic rings. The zero-order chi connectivity index (χ0) is 11.7. The van der Waals surface area contributed by atoms with E-state index in [-0.39, 0.29) is 5.91 Å². The van der Waals surface area contributed by atoms with Crippen LogP contribution in [0.5, 0.6) is 0 Å². The Morgan fingerprint density at radius 1 is 1.27 bits per heavy atom. The summed E-state index contributed by atoms with van der Waals surface area (Å²) in [5, 5.41) is 3.77. The molecule has 0 radical (unpaired) electrons. The van der Waals surface area contributed by atoms with Crippen molar-refractivity contribution in [3.8, 4) is 0 Å². The normalized spacial score (nSPS) is 9.53. The number of hydrogen-bond donors (Lipinski definition) is 3. The lowest BCUT2D eigenvalue weighted by Crippen LogP contribution is -2.48. The van der Waals surface area contributed by atoms with Crippen molar-refractivity contribution in [2.75, 3.05) is 27.7 Å². The van der Waals surface area contributed by atoms with Crippen molar-refractivity contribution in [3.63, 3.8) is 0 Å². The van der Waals surface area contributed by atoms with Crippen LogP contribution in [0, 0.1) is 0 Å². The first-order valence-corrected chi connectivity index (χ1v) is 4.65. The third-order valence-corrected chi connectivity index (χ3v) is 1.72. The van der Waals surface area contributed by atoms with Gasteiger partial charge in [-0.05, 0) is 6.42 Å². The zero-order valence-electron chi connectivity index (χ0n) is 9.29. The first kappa shape index (κ1) is 13.7. The average Bonchev–Trinajstić information content (AvgIpc) is 2.25. The molecular formula is C8H18N4O3. The molecule has 0 aliphatic carbocycles. The second-order valence-corrected chi connectivity index (χ2v) is 2.70. The number of carbonyl (C=O) groups is 2. The van der Waals surface area contributed by atoms with Gasteiger partial charge in [0.15, 0.2) is 0 Å². The Morgan fingerprint density at radius 2 is 1.87 bits per heavy atom. The molecule has 0 heterocycles. The lowest BCUT2D eigenvalue weighted by atomic mass is 10.3. The van der Waals surface area contributed by atoms with Crippen LogP contribution in [0.4, 0.5) is 4.79 Å². The number of amides is 2. The number of carbonyl (C=O) groups excluding carboxylic acids is 2. The smallest absolute Gasteiger partial charge is 0.406 e. The molecule has 0 spiro atoms. The number of alkyl carbamates (subject to hydrolysis) is 1. The number of hydrazine groups is 2. The summed E-state index contributed by atoms with van der Waals surface area (Å²) in [5.41, 5.74) is 5.35. The van der Waals surface area contributed by atoms with E-state index < -0.39 is 6.09 Å². The molecule has 3 N–H and O–H groups in total. The van der Waals surface area contributed by atoms with E-state index in [2.05, 4.69) is 20.9 Å². The van der Waals surface area contributed by atoms with Crippen molar-refractivity contribution in [1.82, 2.24) is 21.3 Å². The molecule has 0 saturated heterocycles. The summed E-state index contributed by atoms with van der Waals surface area (Å²) in [6.07, 6.45) is 0.418. The fourth-order valence-electron chi connectivity index (χ4n) is 0.975. The highest BCUT2D eigenvalue weighted by atomic mass is 16.5. The number of ether oxygens (including phenoxy) is 1. The summed E-state index contributed by atoms with van der Waals surface area (Å²) in [7, 11) is 4.58. The zero-order valence-corrected chi connectivity index (χ0v) is 9.29. The fourth-order valence-corrected chi connectivity index (χ4v) is 0.975. The number of nitrogens with one attached hydrogen (secondary N) is 3. The van der Waals surface area contributed by atoms with E-state index in [1.807, 2.05) is 0 Å². The number of rotatable bonds is 6. The molecule has 0 aromatic rings. The molecule has 0 unspecified atom stereocenters. The molecule has 0 aliphatic heterocycles. The molecule has 0 saturated carbocycles. The maximum Gasteiger partial charge on any atom is 0.406 e. The van der Waals surface area contributed by atoms with Gasteiger partial charge in [0.2, 0.25) is 0 Å². The predicted molar refractivity (Wildman–Crippen MR) is 54.6 cm³/mol. The lowest BCUT2D eigenvalue weighted by molar-refractivity contribution is -0.137. The lowest BCUT2D eigenvalue weighted by Gasteiger charge is -2.19. The maximum absolute atomic E-state index is 11.4. The third kappa shape index (κ3) is 5.87. The van der Waals surface area contributed by atoms with Crippen molar-refractivity contribution in [2.45, 2.75) is 12.8 Å². The highest BCUT2D eigenvalue weighted by molar-refractivity contribution is 5.75. The Bertz CT molecular complexity index is 206. The van der Waals surface area contributed by atoms with Crippen LogP contribution >= 0.6 is 0 Å². The molecule has 7 heteroatoms. The number of hydrogen-bond acceptors (Lipinski definition) is 5. The van der Waals surface area contributed by atoms with Crippen LogP contribution in [0.15, 0.2) is 0 Å². The third-order valence-electron chi connectivity index (χ3n) is 1.72. The Morgan fingerprint density at radius 3 is 2.33 bits per heavy atom. The summed E-state index contributed by atoms with van der Waals surface area (Å²) in [5.74, 6) is -0.0911. The summed E-state index contributed by atoms with van der Waals surface area (Å²) >= 11 is 0. The Labute approximate surface area is 89.1 Å².